The van der Waals surface area contributed by atoms with Crippen LogP contribution in [-0.2, 0) is 27.0 Å². The van der Waals surface area contributed by atoms with Crippen molar-refractivity contribution in [2.24, 2.45) is 0 Å². The van der Waals surface area contributed by atoms with Crippen molar-refractivity contribution in [3.8, 4) is 5.75 Å². The zero-order valence-electron chi connectivity index (χ0n) is 20.1. The third kappa shape index (κ3) is 5.28. The Kier molecular flexibility index (Phi) is 7.47. The van der Waals surface area contributed by atoms with Gasteiger partial charge in [-0.2, -0.15) is 18.6 Å². The van der Waals surface area contributed by atoms with Crippen molar-refractivity contribution in [3.63, 3.8) is 0 Å². The first-order valence-corrected chi connectivity index (χ1v) is 11.6. The summed E-state index contributed by atoms with van der Waals surface area (Å²) in [5, 5.41) is 6.86. The number of rotatable bonds is 8. The van der Waals surface area contributed by atoms with Gasteiger partial charge in [-0.3, -0.25) is 9.59 Å². The second-order valence-electron chi connectivity index (χ2n) is 8.77. The minimum absolute atomic E-state index is 0.0137. The Balaban J connectivity index is 1.65. The average molecular weight is 522 g/mol. The van der Waals surface area contributed by atoms with Crippen molar-refractivity contribution in [3.05, 3.63) is 51.7 Å². The highest BCUT2D eigenvalue weighted by Gasteiger charge is 2.48. The van der Waals surface area contributed by atoms with E-state index in [1.54, 1.807) is 43.0 Å². The van der Waals surface area contributed by atoms with E-state index in [4.69, 9.17) is 4.74 Å². The van der Waals surface area contributed by atoms with E-state index in [1.165, 1.54) is 0 Å². The molecule has 3 heterocycles. The number of nitrogens with one attached hydrogen (secondary N) is 2. The van der Waals surface area contributed by atoms with Gasteiger partial charge in [-0.1, -0.05) is 32.0 Å². The number of nitrogens with zero attached hydrogens (tertiary/aromatic N) is 4. The first-order valence-electron chi connectivity index (χ1n) is 11.6. The molecule has 1 aliphatic rings. The molecule has 0 unspecified atom stereocenters. The van der Waals surface area contributed by atoms with E-state index in [9.17, 15) is 27.7 Å². The standard InChI is InChI=1S/C23H25F3N6O5/c1-13(2)18-19-20(32(30-18)23(24,25)22(35)37-26)21(34)29-16(28-19)11-14-5-3-4-6-15(14)36-12-17(33)31-9-7-27-8-10-31/h3-6,13,27H,7-12H2,1-2H3,(H,28,29,34). The molecule has 0 spiro atoms. The number of hydrogen-bond donors (Lipinski definition) is 2. The van der Waals surface area contributed by atoms with Gasteiger partial charge in [-0.25, -0.2) is 14.7 Å². The molecule has 3 aromatic rings. The highest BCUT2D eigenvalue weighted by atomic mass is 19.3. The van der Waals surface area contributed by atoms with Gasteiger partial charge in [0.15, 0.2) is 12.1 Å². The van der Waals surface area contributed by atoms with E-state index in [2.05, 4.69) is 25.3 Å². The van der Waals surface area contributed by atoms with Gasteiger partial charge in [-0.05, 0) is 12.0 Å². The number of ether oxygens (including phenoxy) is 1. The van der Waals surface area contributed by atoms with Crippen LogP contribution in [-0.4, -0.2) is 69.3 Å². The third-order valence-corrected chi connectivity index (χ3v) is 5.89. The number of aromatic nitrogens is 4. The molecule has 1 saturated heterocycles. The van der Waals surface area contributed by atoms with Gasteiger partial charge in [0.05, 0.1) is 5.69 Å². The van der Waals surface area contributed by atoms with E-state index in [0.717, 1.165) is 0 Å². The van der Waals surface area contributed by atoms with Crippen LogP contribution in [0.2, 0.25) is 0 Å². The van der Waals surface area contributed by atoms with Crippen LogP contribution in [0.1, 0.15) is 36.8 Å². The molecule has 0 atom stereocenters. The lowest BCUT2D eigenvalue weighted by atomic mass is 10.1. The zero-order chi connectivity index (χ0) is 26.7. The third-order valence-electron chi connectivity index (χ3n) is 5.89. The summed E-state index contributed by atoms with van der Waals surface area (Å²) < 4.78 is 46.8. The van der Waals surface area contributed by atoms with Crippen molar-refractivity contribution in [2.75, 3.05) is 32.8 Å². The van der Waals surface area contributed by atoms with Crippen LogP contribution < -0.4 is 15.6 Å². The lowest BCUT2D eigenvalue weighted by Gasteiger charge is -2.27. The molecular formula is C23H25F3N6O5. The summed E-state index contributed by atoms with van der Waals surface area (Å²) in [6, 6.07) is 2.26. The maximum absolute atomic E-state index is 14.5. The molecule has 1 fully saturated rings. The molecule has 4 rings (SSSR count). The van der Waals surface area contributed by atoms with E-state index >= 15 is 0 Å². The number of fused-ring (bicyclic) bond motifs is 1. The van der Waals surface area contributed by atoms with Gasteiger partial charge in [-0.15, -0.1) is 0 Å². The molecule has 1 amide bonds. The normalized spacial score (nSPS) is 14.3. The summed E-state index contributed by atoms with van der Waals surface area (Å²) in [6.45, 7) is 5.69. The fourth-order valence-electron chi connectivity index (χ4n) is 4.02. The maximum Gasteiger partial charge on any atom is 0.446 e. The van der Waals surface area contributed by atoms with Gasteiger partial charge < -0.3 is 19.9 Å². The monoisotopic (exact) mass is 522 g/mol. The fraction of sp³-hybridized carbons (Fsp3) is 0.435. The summed E-state index contributed by atoms with van der Waals surface area (Å²) in [6.07, 6.45) is 0.0365. The number of hydrogen-bond acceptors (Lipinski definition) is 8. The summed E-state index contributed by atoms with van der Waals surface area (Å²) in [4.78, 5) is 47.8. The zero-order valence-corrected chi connectivity index (χ0v) is 20.1. The largest absolute Gasteiger partial charge is 0.483 e. The number of amides is 1. The number of H-pyrrole nitrogens is 1. The van der Waals surface area contributed by atoms with Crippen LogP contribution in [0.15, 0.2) is 29.1 Å². The van der Waals surface area contributed by atoms with Gasteiger partial charge >= 0.3 is 12.0 Å². The molecule has 11 nitrogen and oxygen atoms in total. The number of aromatic amines is 1. The number of halogens is 3. The Morgan fingerprint density at radius 3 is 2.57 bits per heavy atom. The molecule has 0 bridgehead atoms. The van der Waals surface area contributed by atoms with Crippen LogP contribution in [0.3, 0.4) is 0 Å². The molecule has 0 aliphatic carbocycles. The van der Waals surface area contributed by atoms with Crippen LogP contribution in [0.25, 0.3) is 11.0 Å². The number of carbonyl (C=O) groups is 2. The molecule has 2 N–H and O–H groups in total. The highest BCUT2D eigenvalue weighted by Crippen LogP contribution is 2.30. The molecule has 198 valence electrons. The van der Waals surface area contributed by atoms with Gasteiger partial charge in [0, 0.05) is 42.7 Å². The first kappa shape index (κ1) is 26.1. The predicted molar refractivity (Wildman–Crippen MR) is 124 cm³/mol. The average Bonchev–Trinajstić information content (AvgIpc) is 3.29. The van der Waals surface area contributed by atoms with Gasteiger partial charge in [0.1, 0.15) is 17.1 Å². The summed E-state index contributed by atoms with van der Waals surface area (Å²) in [5.41, 5.74) is -1.26. The van der Waals surface area contributed by atoms with Crippen molar-refractivity contribution >= 4 is 22.9 Å². The number of para-hydroxylation sites is 1. The minimum atomic E-state index is -4.58. The van der Waals surface area contributed by atoms with Crippen molar-refractivity contribution in [1.29, 1.82) is 0 Å². The highest BCUT2D eigenvalue weighted by molar-refractivity contribution is 5.82. The van der Waals surface area contributed by atoms with Crippen molar-refractivity contribution < 1.29 is 32.6 Å². The Morgan fingerprint density at radius 2 is 1.89 bits per heavy atom. The van der Waals surface area contributed by atoms with Crippen molar-refractivity contribution in [1.82, 2.24) is 30.0 Å². The number of benzene rings is 1. The van der Waals surface area contributed by atoms with Crippen LogP contribution >= 0.6 is 0 Å². The number of alkyl halides is 2. The van der Waals surface area contributed by atoms with E-state index in [-0.39, 0.29) is 40.7 Å². The smallest absolute Gasteiger partial charge is 0.446 e. The van der Waals surface area contributed by atoms with Gasteiger partial charge in [0.25, 0.3) is 11.5 Å². The number of carbonyl (C=O) groups excluding carboxylic acids is 2. The fourth-order valence-corrected chi connectivity index (χ4v) is 4.02. The Morgan fingerprint density at radius 1 is 1.19 bits per heavy atom. The second kappa shape index (κ2) is 10.6. The van der Waals surface area contributed by atoms with Crippen molar-refractivity contribution in [2.45, 2.75) is 32.2 Å². The maximum atomic E-state index is 14.5. The van der Waals surface area contributed by atoms with Crippen LogP contribution in [0.5, 0.6) is 5.75 Å². The molecule has 14 heteroatoms. The Bertz CT molecular complexity index is 1370. The molecule has 2 aromatic heterocycles. The van der Waals surface area contributed by atoms with Gasteiger partial charge in [0.2, 0.25) is 0 Å². The summed E-state index contributed by atoms with van der Waals surface area (Å²) >= 11 is 0. The van der Waals surface area contributed by atoms with E-state index < -0.39 is 29.0 Å². The second-order valence-corrected chi connectivity index (χ2v) is 8.77. The molecule has 1 aliphatic heterocycles. The Hall–Kier alpha value is -3.94. The quantitative estimate of drug-likeness (QED) is 0.456. The SMILES string of the molecule is CC(C)c1nn(C(F)(F)C(=O)OF)c2c(=O)[nH]c(Cc3ccccc3OCC(=O)N3CCNCC3)nc12. The predicted octanol–water partition coefficient (Wildman–Crippen LogP) is 1.62. The molecule has 37 heavy (non-hydrogen) atoms. The topological polar surface area (TPSA) is 131 Å². The Labute approximate surface area is 208 Å². The summed E-state index contributed by atoms with van der Waals surface area (Å²) in [7, 11) is 0. The molecular weight excluding hydrogens is 497 g/mol. The number of piperazine rings is 1. The first-order chi connectivity index (χ1) is 17.6. The summed E-state index contributed by atoms with van der Waals surface area (Å²) in [5.74, 6) is -2.64. The van der Waals surface area contributed by atoms with Crippen LogP contribution in [0.4, 0.5) is 13.3 Å². The van der Waals surface area contributed by atoms with E-state index in [1.807, 2.05) is 0 Å². The lowest BCUT2D eigenvalue weighted by molar-refractivity contribution is -0.227. The molecule has 0 radical (unpaired) electrons. The lowest BCUT2D eigenvalue weighted by Crippen LogP contribution is -2.47. The van der Waals surface area contributed by atoms with E-state index in [0.29, 0.717) is 37.5 Å². The van der Waals surface area contributed by atoms with Crippen LogP contribution in [0, 0.1) is 0 Å². The molecule has 1 aromatic carbocycles. The minimum Gasteiger partial charge on any atom is -0.483 e. The molecule has 0 saturated carbocycles.